The second kappa shape index (κ2) is 5.66. The van der Waals surface area contributed by atoms with Gasteiger partial charge in [0.2, 0.25) is 0 Å². The van der Waals surface area contributed by atoms with Gasteiger partial charge >= 0.3 is 0 Å². The van der Waals surface area contributed by atoms with E-state index in [9.17, 15) is 0 Å². The summed E-state index contributed by atoms with van der Waals surface area (Å²) in [6.45, 7) is 4.22. The van der Waals surface area contributed by atoms with Gasteiger partial charge in [-0.25, -0.2) is 9.97 Å². The van der Waals surface area contributed by atoms with E-state index in [2.05, 4.69) is 47.1 Å². The maximum atomic E-state index is 6.20. The van der Waals surface area contributed by atoms with Crippen LogP contribution in [0.4, 0.5) is 0 Å². The molecule has 21 heavy (non-hydrogen) atoms. The lowest BCUT2D eigenvalue weighted by atomic mass is 10.2. The molecule has 4 nitrogen and oxygen atoms in total. The lowest BCUT2D eigenvalue weighted by Gasteiger charge is -2.06. The molecule has 0 unspecified atom stereocenters. The molecule has 3 aromatic rings. The van der Waals surface area contributed by atoms with Gasteiger partial charge in [0, 0.05) is 11.9 Å². The third-order valence-electron chi connectivity index (χ3n) is 3.28. The molecule has 3 rings (SSSR count). The summed E-state index contributed by atoms with van der Waals surface area (Å²) in [5, 5.41) is 5.42. The highest BCUT2D eigenvalue weighted by Gasteiger charge is 2.10. The predicted molar refractivity (Wildman–Crippen MR) is 86.8 cm³/mol. The van der Waals surface area contributed by atoms with Crippen molar-refractivity contribution in [2.45, 2.75) is 24.5 Å². The van der Waals surface area contributed by atoms with E-state index in [0.717, 1.165) is 16.9 Å². The lowest BCUT2D eigenvalue weighted by molar-refractivity contribution is 0.782. The highest BCUT2D eigenvalue weighted by Crippen LogP contribution is 2.27. The van der Waals surface area contributed by atoms with Gasteiger partial charge in [-0.1, -0.05) is 29.3 Å². The Kier molecular flexibility index (Phi) is 3.87. The van der Waals surface area contributed by atoms with Crippen molar-refractivity contribution in [3.8, 4) is 0 Å². The van der Waals surface area contributed by atoms with Gasteiger partial charge in [-0.15, -0.1) is 11.8 Å². The van der Waals surface area contributed by atoms with E-state index in [0.29, 0.717) is 10.9 Å². The zero-order valence-corrected chi connectivity index (χ0v) is 13.7. The Labute approximate surface area is 132 Å². The van der Waals surface area contributed by atoms with Crippen LogP contribution in [0.3, 0.4) is 0 Å². The van der Waals surface area contributed by atoms with Gasteiger partial charge in [-0.05, 0) is 25.5 Å². The minimum Gasteiger partial charge on any atom is -0.250 e. The van der Waals surface area contributed by atoms with Gasteiger partial charge in [-0.2, -0.15) is 5.10 Å². The molecule has 108 valence electrons. The molecule has 0 spiro atoms. The Hall–Kier alpha value is -1.59. The van der Waals surface area contributed by atoms with Crippen LogP contribution in [0.25, 0.3) is 11.0 Å². The number of aryl methyl sites for hydroxylation is 3. The summed E-state index contributed by atoms with van der Waals surface area (Å²) in [4.78, 5) is 10.1. The van der Waals surface area contributed by atoms with Crippen LogP contribution in [0, 0.1) is 13.8 Å². The Morgan fingerprint density at radius 3 is 2.81 bits per heavy atom. The number of thioether (sulfide) groups is 1. The smallest absolute Gasteiger partial charge is 0.162 e. The molecule has 2 aromatic heterocycles. The fourth-order valence-corrected chi connectivity index (χ4v) is 3.29. The first-order valence-corrected chi connectivity index (χ1v) is 7.95. The molecule has 0 saturated carbocycles. The normalized spacial score (nSPS) is 11.2. The Bertz CT molecular complexity index is 813. The zero-order valence-electron chi connectivity index (χ0n) is 12.1. The molecule has 0 amide bonds. The molecule has 1 aromatic carbocycles. The molecule has 6 heteroatoms. The highest BCUT2D eigenvalue weighted by atomic mass is 35.5. The number of fused-ring (bicyclic) bond motifs is 1. The number of hydrogen-bond acceptors (Lipinski definition) is 4. The van der Waals surface area contributed by atoms with Crippen LogP contribution in [-0.2, 0) is 12.8 Å². The summed E-state index contributed by atoms with van der Waals surface area (Å²) in [5.74, 6) is 1.41. The molecule has 0 atom stereocenters. The van der Waals surface area contributed by atoms with Gasteiger partial charge < -0.3 is 0 Å². The second-order valence-electron chi connectivity index (χ2n) is 4.99. The average molecular weight is 319 g/mol. The van der Waals surface area contributed by atoms with Crippen LogP contribution in [-0.4, -0.2) is 19.7 Å². The summed E-state index contributed by atoms with van der Waals surface area (Å²) in [7, 11) is 1.85. The van der Waals surface area contributed by atoms with Gasteiger partial charge in [-0.3, -0.25) is 4.68 Å². The fourth-order valence-electron chi connectivity index (χ4n) is 2.20. The van der Waals surface area contributed by atoms with E-state index in [1.165, 1.54) is 16.0 Å². The molecule has 0 fully saturated rings. The predicted octanol–water partition coefficient (Wildman–Crippen LogP) is 3.93. The Morgan fingerprint density at radius 2 is 2.05 bits per heavy atom. The van der Waals surface area contributed by atoms with Crippen LogP contribution < -0.4 is 0 Å². The summed E-state index contributed by atoms with van der Waals surface area (Å²) >= 11 is 7.92. The standard InChI is InChI=1S/C15H15ClN4S/c1-9-4-5-12(10(2)6-9)21-8-13-18-14(16)11-7-17-20(3)15(11)19-13/h4-7H,8H2,1-3H3. The van der Waals surface area contributed by atoms with E-state index >= 15 is 0 Å². The summed E-state index contributed by atoms with van der Waals surface area (Å²) in [5.41, 5.74) is 3.31. The first kappa shape index (κ1) is 14.4. The third kappa shape index (κ3) is 2.89. The number of aromatic nitrogens is 4. The summed E-state index contributed by atoms with van der Waals surface area (Å²) in [6, 6.07) is 6.44. The van der Waals surface area contributed by atoms with Crippen molar-refractivity contribution in [1.82, 2.24) is 19.7 Å². The summed E-state index contributed by atoms with van der Waals surface area (Å²) < 4.78 is 1.72. The molecule has 0 aliphatic rings. The first-order valence-electron chi connectivity index (χ1n) is 6.59. The number of nitrogens with zero attached hydrogens (tertiary/aromatic N) is 4. The van der Waals surface area contributed by atoms with E-state index in [1.807, 2.05) is 7.05 Å². The van der Waals surface area contributed by atoms with Crippen molar-refractivity contribution in [1.29, 1.82) is 0 Å². The lowest BCUT2D eigenvalue weighted by Crippen LogP contribution is -1.98. The van der Waals surface area contributed by atoms with Crippen LogP contribution in [0.2, 0.25) is 5.15 Å². The molecular weight excluding hydrogens is 304 g/mol. The van der Waals surface area contributed by atoms with Crippen LogP contribution >= 0.6 is 23.4 Å². The summed E-state index contributed by atoms with van der Waals surface area (Å²) in [6.07, 6.45) is 1.69. The molecule has 0 aliphatic heterocycles. The second-order valence-corrected chi connectivity index (χ2v) is 6.37. The Morgan fingerprint density at radius 1 is 1.24 bits per heavy atom. The van der Waals surface area contributed by atoms with Crippen molar-refractivity contribution in [2.24, 2.45) is 7.05 Å². The molecule has 0 bridgehead atoms. The molecule has 0 saturated heterocycles. The van der Waals surface area contributed by atoms with Gasteiger partial charge in [0.25, 0.3) is 0 Å². The molecular formula is C15H15ClN4S. The minimum atomic E-state index is 0.462. The molecule has 0 aliphatic carbocycles. The van der Waals surface area contributed by atoms with Gasteiger partial charge in [0.05, 0.1) is 17.3 Å². The van der Waals surface area contributed by atoms with Crippen LogP contribution in [0.5, 0.6) is 0 Å². The zero-order chi connectivity index (χ0) is 15.0. The van der Waals surface area contributed by atoms with Crippen molar-refractivity contribution < 1.29 is 0 Å². The van der Waals surface area contributed by atoms with E-state index in [-0.39, 0.29) is 0 Å². The van der Waals surface area contributed by atoms with Gasteiger partial charge in [0.1, 0.15) is 11.0 Å². The minimum absolute atomic E-state index is 0.462. The third-order valence-corrected chi connectivity index (χ3v) is 4.74. The van der Waals surface area contributed by atoms with Crippen molar-refractivity contribution >= 4 is 34.4 Å². The number of benzene rings is 1. The number of hydrogen-bond donors (Lipinski definition) is 0. The molecule has 0 N–H and O–H groups in total. The van der Waals surface area contributed by atoms with Crippen LogP contribution in [0.15, 0.2) is 29.3 Å². The fraction of sp³-hybridized carbons (Fsp3) is 0.267. The van der Waals surface area contributed by atoms with Crippen molar-refractivity contribution in [3.05, 3.63) is 46.5 Å². The average Bonchev–Trinajstić information content (AvgIpc) is 2.80. The maximum absolute atomic E-state index is 6.20. The molecule has 2 heterocycles. The number of halogens is 1. The molecule has 0 radical (unpaired) electrons. The maximum Gasteiger partial charge on any atom is 0.162 e. The highest BCUT2D eigenvalue weighted by molar-refractivity contribution is 7.98. The first-order chi connectivity index (χ1) is 10.0. The van der Waals surface area contributed by atoms with Crippen molar-refractivity contribution in [3.63, 3.8) is 0 Å². The topological polar surface area (TPSA) is 43.6 Å². The van der Waals surface area contributed by atoms with E-state index in [4.69, 9.17) is 11.6 Å². The SMILES string of the molecule is Cc1ccc(SCc2nc(Cl)c3cnn(C)c3n2)c(C)c1. The van der Waals surface area contributed by atoms with Crippen molar-refractivity contribution in [2.75, 3.05) is 0 Å². The monoisotopic (exact) mass is 318 g/mol. The van der Waals surface area contributed by atoms with E-state index in [1.54, 1.807) is 22.6 Å². The van der Waals surface area contributed by atoms with Gasteiger partial charge in [0.15, 0.2) is 5.65 Å². The Balaban J connectivity index is 1.86. The quantitative estimate of drug-likeness (QED) is 0.542. The number of rotatable bonds is 3. The van der Waals surface area contributed by atoms with E-state index < -0.39 is 0 Å². The van der Waals surface area contributed by atoms with Crippen LogP contribution in [0.1, 0.15) is 17.0 Å². The largest absolute Gasteiger partial charge is 0.250 e.